The zero-order valence-electron chi connectivity index (χ0n) is 21.5. The first-order valence-electron chi connectivity index (χ1n) is 12.8. The summed E-state index contributed by atoms with van der Waals surface area (Å²) in [6.07, 6.45) is -0.891. The number of hydrogen-bond acceptors (Lipinski definition) is 6. The van der Waals surface area contributed by atoms with Gasteiger partial charge in [0.25, 0.3) is 0 Å². The minimum Gasteiger partial charge on any atom is -0.396 e. The van der Waals surface area contributed by atoms with Crippen LogP contribution in [0.3, 0.4) is 0 Å². The molecule has 13 heteroatoms. The van der Waals surface area contributed by atoms with E-state index in [4.69, 9.17) is 21.8 Å². The monoisotopic (exact) mass is 584 g/mol. The lowest BCUT2D eigenvalue weighted by Gasteiger charge is -2.32. The Bertz CT molecular complexity index is 929. The molecule has 4 rings (SSSR count). The molecule has 3 N–H and O–H groups in total. The van der Waals surface area contributed by atoms with Gasteiger partial charge in [-0.2, -0.15) is 26.3 Å². The molecule has 0 saturated carbocycles. The van der Waals surface area contributed by atoms with Crippen molar-refractivity contribution >= 4 is 17.4 Å². The van der Waals surface area contributed by atoms with Gasteiger partial charge < -0.3 is 20.4 Å². The third-order valence-corrected chi connectivity index (χ3v) is 6.83. The van der Waals surface area contributed by atoms with Gasteiger partial charge in [0.1, 0.15) is 11.0 Å². The maximum atomic E-state index is 12.4. The van der Waals surface area contributed by atoms with E-state index in [1.807, 2.05) is 4.90 Å². The second-order valence-electron chi connectivity index (χ2n) is 9.42. The summed E-state index contributed by atoms with van der Waals surface area (Å²) in [6.45, 7) is 4.41. The van der Waals surface area contributed by atoms with Crippen LogP contribution in [-0.4, -0.2) is 59.6 Å². The maximum absolute atomic E-state index is 12.4. The van der Waals surface area contributed by atoms with Crippen molar-refractivity contribution in [3.8, 4) is 0 Å². The fraction of sp³-hybridized carbons (Fsp3) is 0.615. The highest BCUT2D eigenvalue weighted by atomic mass is 35.5. The Hall–Kier alpha value is -2.15. The number of aliphatic hydroxyl groups is 2. The fourth-order valence-corrected chi connectivity index (χ4v) is 4.38. The molecule has 2 aromatic heterocycles. The molecule has 2 saturated heterocycles. The number of aromatic nitrogens is 2. The van der Waals surface area contributed by atoms with Crippen LogP contribution in [-0.2, 0) is 12.4 Å². The van der Waals surface area contributed by atoms with Crippen molar-refractivity contribution in [1.29, 1.82) is 0 Å². The molecule has 2 aromatic rings. The van der Waals surface area contributed by atoms with E-state index in [1.54, 1.807) is 0 Å². The summed E-state index contributed by atoms with van der Waals surface area (Å²) in [4.78, 5) is 9.18. The predicted molar refractivity (Wildman–Crippen MR) is 137 cm³/mol. The standard InChI is InChI=1S/C13H17F3N2O.C7H15NO.C6H3ClF3N/c14-13(15,16)11-1-2-12(17-9-11)18-6-3-10(4-7-18)5-8-19;9-6-3-7-1-4-8-5-2-7;7-5-2-1-4(3-11-5)6(8,9)10/h1-2,9-10,19H,3-8H2;7-9H,1-6H2;1-3H. The number of alkyl halides is 6. The highest BCUT2D eigenvalue weighted by Crippen LogP contribution is 2.31. The van der Waals surface area contributed by atoms with Crippen LogP contribution in [0.1, 0.15) is 49.7 Å². The average molecular weight is 585 g/mol. The normalized spacial score (nSPS) is 17.1. The minimum atomic E-state index is -4.34. The molecule has 0 bridgehead atoms. The number of anilines is 1. The number of pyridine rings is 2. The topological polar surface area (TPSA) is 81.5 Å². The van der Waals surface area contributed by atoms with Gasteiger partial charge in [0, 0.05) is 38.7 Å². The Balaban J connectivity index is 0.000000226. The summed E-state index contributed by atoms with van der Waals surface area (Å²) < 4.78 is 72.8. The molecule has 0 atom stereocenters. The van der Waals surface area contributed by atoms with Crippen LogP contribution in [0.4, 0.5) is 32.2 Å². The van der Waals surface area contributed by atoms with Gasteiger partial charge in [-0.3, -0.25) is 0 Å². The fourth-order valence-electron chi connectivity index (χ4n) is 4.27. The molecule has 220 valence electrons. The lowest BCUT2D eigenvalue weighted by molar-refractivity contribution is -0.138. The van der Waals surface area contributed by atoms with Crippen molar-refractivity contribution < 1.29 is 36.6 Å². The number of hydrogen-bond donors (Lipinski definition) is 3. The second kappa shape index (κ2) is 16.2. The zero-order chi connectivity index (χ0) is 28.9. The van der Waals surface area contributed by atoms with E-state index in [-0.39, 0.29) is 11.8 Å². The van der Waals surface area contributed by atoms with Gasteiger partial charge in [-0.25, -0.2) is 9.97 Å². The molecule has 0 amide bonds. The van der Waals surface area contributed by atoms with Gasteiger partial charge in [0.05, 0.1) is 11.1 Å². The summed E-state index contributed by atoms with van der Waals surface area (Å²) in [6, 6.07) is 4.48. The first-order chi connectivity index (χ1) is 18.4. The van der Waals surface area contributed by atoms with Crippen molar-refractivity contribution in [2.75, 3.05) is 44.3 Å². The van der Waals surface area contributed by atoms with Crippen molar-refractivity contribution in [2.24, 2.45) is 11.8 Å². The quantitative estimate of drug-likeness (QED) is 0.303. The summed E-state index contributed by atoms with van der Waals surface area (Å²) in [5.74, 6) is 1.89. The van der Waals surface area contributed by atoms with Gasteiger partial charge in [0.15, 0.2) is 0 Å². The van der Waals surface area contributed by atoms with E-state index in [9.17, 15) is 26.3 Å². The Kier molecular flexibility index (Phi) is 13.7. The molecule has 6 nitrogen and oxygen atoms in total. The molecule has 0 aromatic carbocycles. The third-order valence-electron chi connectivity index (χ3n) is 6.60. The molecule has 0 aliphatic carbocycles. The average Bonchev–Trinajstić information content (AvgIpc) is 2.90. The second-order valence-corrected chi connectivity index (χ2v) is 9.81. The van der Waals surface area contributed by atoms with Gasteiger partial charge in [-0.15, -0.1) is 0 Å². The van der Waals surface area contributed by atoms with E-state index < -0.39 is 23.5 Å². The van der Waals surface area contributed by atoms with Crippen molar-refractivity contribution in [1.82, 2.24) is 15.3 Å². The number of nitrogens with zero attached hydrogens (tertiary/aromatic N) is 3. The van der Waals surface area contributed by atoms with Crippen molar-refractivity contribution in [3.63, 3.8) is 0 Å². The molecule has 0 unspecified atom stereocenters. The van der Waals surface area contributed by atoms with Gasteiger partial charge in [-0.1, -0.05) is 11.6 Å². The Morgan fingerprint density at radius 3 is 1.67 bits per heavy atom. The van der Waals surface area contributed by atoms with Crippen LogP contribution in [0.5, 0.6) is 0 Å². The highest BCUT2D eigenvalue weighted by molar-refractivity contribution is 6.29. The number of nitrogens with one attached hydrogen (secondary N) is 1. The summed E-state index contributed by atoms with van der Waals surface area (Å²) >= 11 is 5.28. The Labute approximate surface area is 229 Å². The van der Waals surface area contributed by atoms with Crippen LogP contribution in [0.25, 0.3) is 0 Å². The number of piperidine rings is 2. The van der Waals surface area contributed by atoms with E-state index >= 15 is 0 Å². The van der Waals surface area contributed by atoms with Crippen LogP contribution in [0.15, 0.2) is 36.7 Å². The molecule has 4 heterocycles. The molecule has 2 aliphatic heterocycles. The lowest BCUT2D eigenvalue weighted by Crippen LogP contribution is -2.34. The first kappa shape index (κ1) is 33.1. The smallest absolute Gasteiger partial charge is 0.396 e. The van der Waals surface area contributed by atoms with E-state index in [0.717, 1.165) is 82.2 Å². The van der Waals surface area contributed by atoms with Crippen LogP contribution in [0.2, 0.25) is 5.15 Å². The van der Waals surface area contributed by atoms with E-state index in [0.29, 0.717) is 24.5 Å². The SMILES string of the molecule is FC(F)(F)c1ccc(Cl)nc1.OCCC1CCN(c2ccc(C(F)(F)F)cn2)CC1.OCCC1CCNCC1. The van der Waals surface area contributed by atoms with E-state index in [2.05, 4.69) is 15.3 Å². The number of aliphatic hydroxyl groups excluding tert-OH is 2. The largest absolute Gasteiger partial charge is 0.417 e. The van der Waals surface area contributed by atoms with Crippen LogP contribution >= 0.6 is 11.6 Å². The maximum Gasteiger partial charge on any atom is 0.417 e. The van der Waals surface area contributed by atoms with Gasteiger partial charge >= 0.3 is 12.4 Å². The summed E-state index contributed by atoms with van der Waals surface area (Å²) in [5, 5.41) is 20.8. The minimum absolute atomic E-state index is 0.0537. The first-order valence-corrected chi connectivity index (χ1v) is 13.2. The zero-order valence-corrected chi connectivity index (χ0v) is 22.2. The van der Waals surface area contributed by atoms with Crippen LogP contribution in [0, 0.1) is 11.8 Å². The summed E-state index contributed by atoms with van der Waals surface area (Å²) in [5.41, 5.74) is -1.51. The third kappa shape index (κ3) is 12.3. The highest BCUT2D eigenvalue weighted by Gasteiger charge is 2.31. The van der Waals surface area contributed by atoms with Crippen LogP contribution < -0.4 is 10.2 Å². The van der Waals surface area contributed by atoms with Crippen molar-refractivity contribution in [2.45, 2.75) is 50.9 Å². The molecule has 39 heavy (non-hydrogen) atoms. The van der Waals surface area contributed by atoms with Gasteiger partial charge in [0.2, 0.25) is 0 Å². The van der Waals surface area contributed by atoms with E-state index in [1.165, 1.54) is 18.9 Å². The molecule has 2 fully saturated rings. The molecule has 0 radical (unpaired) electrons. The van der Waals surface area contributed by atoms with Crippen molar-refractivity contribution in [3.05, 3.63) is 52.9 Å². The molecular weight excluding hydrogens is 550 g/mol. The predicted octanol–water partition coefficient (Wildman–Crippen LogP) is 5.82. The Morgan fingerprint density at radius 2 is 1.26 bits per heavy atom. The lowest BCUT2D eigenvalue weighted by atomic mass is 9.94. The molecule has 0 spiro atoms. The summed E-state index contributed by atoms with van der Waals surface area (Å²) in [7, 11) is 0. The molecular formula is C26H35ClF6N4O2. The number of halogens is 7. The molecule has 2 aliphatic rings. The number of rotatable bonds is 5. The van der Waals surface area contributed by atoms with Gasteiger partial charge in [-0.05, 0) is 87.7 Å². The Morgan fingerprint density at radius 1 is 0.769 bits per heavy atom.